The summed E-state index contributed by atoms with van der Waals surface area (Å²) in [5.74, 6) is -0.479. The van der Waals surface area contributed by atoms with Crippen LogP contribution in [0.25, 0.3) is 0 Å². The van der Waals surface area contributed by atoms with Crippen molar-refractivity contribution in [2.45, 2.75) is 0 Å². The van der Waals surface area contributed by atoms with E-state index in [1.165, 1.54) is 12.1 Å². The van der Waals surface area contributed by atoms with E-state index in [1.54, 1.807) is 24.3 Å². The second kappa shape index (κ2) is 7.40. The largest absolute Gasteiger partial charge is 0.457 e. The number of rotatable bonds is 5. The molecule has 0 atom stereocenters. The van der Waals surface area contributed by atoms with Crippen LogP contribution in [0.4, 0.5) is 5.69 Å². The van der Waals surface area contributed by atoms with Crippen LogP contribution in [-0.2, 0) is 0 Å². The number of para-hydroxylation sites is 1. The number of fused-ring (bicyclic) bond motifs is 1. The minimum Gasteiger partial charge on any atom is -0.457 e. The maximum absolute atomic E-state index is 12.6. The highest BCUT2D eigenvalue weighted by Crippen LogP contribution is 2.24. The second-order valence-corrected chi connectivity index (χ2v) is 6.28. The van der Waals surface area contributed by atoms with Crippen molar-refractivity contribution in [1.82, 2.24) is 5.32 Å². The van der Waals surface area contributed by atoms with Crippen molar-refractivity contribution < 1.29 is 23.9 Å². The van der Waals surface area contributed by atoms with Gasteiger partial charge in [-0.15, -0.1) is 0 Å². The Kier molecular flexibility index (Phi) is 4.62. The van der Waals surface area contributed by atoms with Crippen molar-refractivity contribution in [3.8, 4) is 11.5 Å². The normalized spacial score (nSPS) is 12.1. The Morgan fingerprint density at radius 1 is 0.862 bits per heavy atom. The Morgan fingerprint density at radius 3 is 2.14 bits per heavy atom. The van der Waals surface area contributed by atoms with Gasteiger partial charge in [0, 0.05) is 11.3 Å². The predicted octanol–water partition coefficient (Wildman–Crippen LogP) is 3.43. The van der Waals surface area contributed by atoms with Crippen LogP contribution in [0.3, 0.4) is 0 Å². The van der Waals surface area contributed by atoms with E-state index in [0.717, 1.165) is 0 Å². The molecule has 1 heterocycles. The molecule has 7 heteroatoms. The number of benzene rings is 3. The Hall–Kier alpha value is -4.26. The molecule has 0 spiro atoms. The summed E-state index contributed by atoms with van der Waals surface area (Å²) in [5.41, 5.74) is 0.657. The van der Waals surface area contributed by atoms with E-state index in [9.17, 15) is 19.2 Å². The maximum atomic E-state index is 12.6. The molecule has 2 N–H and O–H groups in total. The molecule has 0 aliphatic carbocycles. The molecule has 4 rings (SSSR count). The molecule has 3 aromatic carbocycles. The van der Waals surface area contributed by atoms with Gasteiger partial charge in [0.1, 0.15) is 11.5 Å². The van der Waals surface area contributed by atoms with E-state index in [0.29, 0.717) is 23.5 Å². The van der Waals surface area contributed by atoms with Crippen molar-refractivity contribution in [3.05, 3.63) is 89.0 Å². The Morgan fingerprint density at radius 2 is 1.48 bits per heavy atom. The molecule has 0 radical (unpaired) electrons. The number of hydrogen-bond donors (Lipinski definition) is 2. The van der Waals surface area contributed by atoms with Gasteiger partial charge in [0.25, 0.3) is 17.7 Å². The number of carbonyl (C=O) groups excluding carboxylic acids is 4. The average molecular weight is 386 g/mol. The fourth-order valence-electron chi connectivity index (χ4n) is 2.95. The molecule has 1 aliphatic heterocycles. The first-order valence-electron chi connectivity index (χ1n) is 8.68. The summed E-state index contributed by atoms with van der Waals surface area (Å²) in [6, 6.07) is 18.4. The number of hydrogen-bond acceptors (Lipinski definition) is 5. The van der Waals surface area contributed by atoms with Crippen LogP contribution < -0.4 is 15.4 Å². The lowest BCUT2D eigenvalue weighted by atomic mass is 9.99. The first kappa shape index (κ1) is 18.1. The number of amides is 3. The Bertz CT molecular complexity index is 1140. The lowest BCUT2D eigenvalue weighted by Crippen LogP contribution is -2.19. The molecular weight excluding hydrogens is 372 g/mol. The fraction of sp³-hybridized carbons (Fsp3) is 0. The molecule has 0 bridgehead atoms. The molecule has 0 saturated carbocycles. The van der Waals surface area contributed by atoms with Gasteiger partial charge in [0.05, 0.1) is 16.7 Å². The molecular formula is C22H14N2O5. The molecule has 1 aliphatic rings. The van der Waals surface area contributed by atoms with E-state index in [-0.39, 0.29) is 22.3 Å². The maximum Gasteiger partial charge on any atom is 0.258 e. The first-order chi connectivity index (χ1) is 14.0. The smallest absolute Gasteiger partial charge is 0.258 e. The number of anilines is 1. The molecule has 7 nitrogen and oxygen atoms in total. The number of imide groups is 1. The topological polar surface area (TPSA) is 102 Å². The van der Waals surface area contributed by atoms with Crippen LogP contribution in [0.1, 0.15) is 41.4 Å². The van der Waals surface area contributed by atoms with Gasteiger partial charge in [0.15, 0.2) is 6.29 Å². The number of aldehydes is 1. The van der Waals surface area contributed by atoms with Gasteiger partial charge in [-0.05, 0) is 48.5 Å². The van der Waals surface area contributed by atoms with E-state index in [2.05, 4.69) is 10.6 Å². The van der Waals surface area contributed by atoms with Crippen LogP contribution >= 0.6 is 0 Å². The zero-order chi connectivity index (χ0) is 20.4. The van der Waals surface area contributed by atoms with Crippen molar-refractivity contribution in [2.75, 3.05) is 5.32 Å². The number of nitrogens with one attached hydrogen (secondary N) is 2. The minimum atomic E-state index is -0.598. The zero-order valence-electron chi connectivity index (χ0n) is 15.0. The van der Waals surface area contributed by atoms with Crippen molar-refractivity contribution in [1.29, 1.82) is 0 Å². The molecule has 29 heavy (non-hydrogen) atoms. The summed E-state index contributed by atoms with van der Waals surface area (Å²) < 4.78 is 5.70. The van der Waals surface area contributed by atoms with Crippen molar-refractivity contribution >= 4 is 29.7 Å². The predicted molar refractivity (Wildman–Crippen MR) is 105 cm³/mol. The van der Waals surface area contributed by atoms with Gasteiger partial charge in [-0.3, -0.25) is 24.5 Å². The highest BCUT2D eigenvalue weighted by atomic mass is 16.5. The van der Waals surface area contributed by atoms with Gasteiger partial charge < -0.3 is 10.1 Å². The Labute approximate surface area is 165 Å². The highest BCUT2D eigenvalue weighted by molar-refractivity contribution is 6.23. The lowest BCUT2D eigenvalue weighted by Gasteiger charge is -2.10. The summed E-state index contributed by atoms with van der Waals surface area (Å²) >= 11 is 0. The summed E-state index contributed by atoms with van der Waals surface area (Å²) in [4.78, 5) is 47.6. The molecule has 0 unspecified atom stereocenters. The molecule has 0 aromatic heterocycles. The summed E-state index contributed by atoms with van der Waals surface area (Å²) in [6.07, 6.45) is 0.474. The minimum absolute atomic E-state index is 0.00760. The standard InChI is InChI=1S/C22H14N2O5/c25-12-13-10-18-19(22(28)24-21(18)27)11-17(13)20(26)23-14-6-8-16(9-7-14)29-15-4-2-1-3-5-15/h1-12H,(H,23,26)(H,24,27,28). The quantitative estimate of drug-likeness (QED) is 0.517. The third-order valence-corrected chi connectivity index (χ3v) is 4.37. The van der Waals surface area contributed by atoms with Crippen LogP contribution in [-0.4, -0.2) is 24.0 Å². The first-order valence-corrected chi connectivity index (χ1v) is 8.68. The van der Waals surface area contributed by atoms with Gasteiger partial charge in [-0.25, -0.2) is 0 Å². The molecule has 0 fully saturated rings. The number of carbonyl (C=O) groups is 4. The molecule has 142 valence electrons. The zero-order valence-corrected chi connectivity index (χ0v) is 15.0. The van der Waals surface area contributed by atoms with Crippen molar-refractivity contribution in [2.24, 2.45) is 0 Å². The van der Waals surface area contributed by atoms with Gasteiger partial charge in [-0.1, -0.05) is 18.2 Å². The third kappa shape index (κ3) is 3.61. The third-order valence-electron chi connectivity index (χ3n) is 4.37. The van der Waals surface area contributed by atoms with Crippen LogP contribution in [0, 0.1) is 0 Å². The molecule has 3 amide bonds. The van der Waals surface area contributed by atoms with E-state index < -0.39 is 17.7 Å². The van der Waals surface area contributed by atoms with Crippen LogP contribution in [0.2, 0.25) is 0 Å². The number of ether oxygens (including phenoxy) is 1. The lowest BCUT2D eigenvalue weighted by molar-refractivity contribution is 0.0879. The SMILES string of the molecule is O=Cc1cc2c(cc1C(=O)Nc1ccc(Oc3ccccc3)cc1)C(=O)NC2=O. The monoisotopic (exact) mass is 386 g/mol. The summed E-state index contributed by atoms with van der Waals surface area (Å²) in [7, 11) is 0. The van der Waals surface area contributed by atoms with Crippen LogP contribution in [0.5, 0.6) is 11.5 Å². The average Bonchev–Trinajstić information content (AvgIpc) is 3.02. The summed E-state index contributed by atoms with van der Waals surface area (Å²) in [5, 5.41) is 4.81. The molecule has 3 aromatic rings. The Balaban J connectivity index is 1.54. The van der Waals surface area contributed by atoms with Gasteiger partial charge >= 0.3 is 0 Å². The van der Waals surface area contributed by atoms with Gasteiger partial charge in [-0.2, -0.15) is 0 Å². The molecule has 0 saturated heterocycles. The van der Waals surface area contributed by atoms with E-state index in [4.69, 9.17) is 4.74 Å². The fourth-order valence-corrected chi connectivity index (χ4v) is 2.95. The van der Waals surface area contributed by atoms with E-state index in [1.807, 2.05) is 30.3 Å². The van der Waals surface area contributed by atoms with E-state index >= 15 is 0 Å². The second-order valence-electron chi connectivity index (χ2n) is 6.28. The van der Waals surface area contributed by atoms with Crippen molar-refractivity contribution in [3.63, 3.8) is 0 Å². The highest BCUT2D eigenvalue weighted by Gasteiger charge is 2.29. The summed E-state index contributed by atoms with van der Waals surface area (Å²) in [6.45, 7) is 0. The van der Waals surface area contributed by atoms with Gasteiger partial charge in [0.2, 0.25) is 0 Å². The van der Waals surface area contributed by atoms with Crippen LogP contribution in [0.15, 0.2) is 66.7 Å².